The molecule has 1 fully saturated rings. The Morgan fingerprint density at radius 1 is 1.45 bits per heavy atom. The van der Waals surface area contributed by atoms with Crippen LogP contribution in [0.15, 0.2) is 0 Å². The van der Waals surface area contributed by atoms with Crippen LogP contribution in [0, 0.1) is 5.92 Å². The Bertz CT molecular complexity index is 126. The monoisotopic (exact) mass is 162 g/mol. The molecule has 4 heteroatoms. The number of hydrogen-bond acceptors (Lipinski definition) is 4. The van der Waals surface area contributed by atoms with Gasteiger partial charge < -0.3 is 20.1 Å². The Labute approximate surface area is 65.4 Å². The number of aliphatic hydroxyl groups excluding tert-OH is 3. The maximum atomic E-state index is 9.36. The summed E-state index contributed by atoms with van der Waals surface area (Å²) in [6.45, 7) is 1.74. The molecule has 4 nitrogen and oxygen atoms in total. The van der Waals surface area contributed by atoms with E-state index in [1.807, 2.05) is 0 Å². The average molecular weight is 162 g/mol. The molecular weight excluding hydrogens is 148 g/mol. The number of ether oxygens (including phenoxy) is 1. The Balaban J connectivity index is 2.52. The van der Waals surface area contributed by atoms with Crippen LogP contribution in [-0.2, 0) is 4.74 Å². The van der Waals surface area contributed by atoms with Gasteiger partial charge in [-0.25, -0.2) is 0 Å². The molecular formula is C7H14O4. The molecule has 1 aliphatic rings. The Kier molecular flexibility index (Phi) is 2.84. The van der Waals surface area contributed by atoms with Crippen molar-refractivity contribution in [1.82, 2.24) is 0 Å². The highest BCUT2D eigenvalue weighted by Gasteiger charge is 2.34. The second-order valence-electron chi connectivity index (χ2n) is 2.97. The molecule has 0 saturated carbocycles. The van der Waals surface area contributed by atoms with Gasteiger partial charge in [0.25, 0.3) is 0 Å². The summed E-state index contributed by atoms with van der Waals surface area (Å²) < 4.78 is 4.97. The summed E-state index contributed by atoms with van der Waals surface area (Å²) in [5.41, 5.74) is 0. The van der Waals surface area contributed by atoms with E-state index in [0.29, 0.717) is 0 Å². The first kappa shape index (κ1) is 8.93. The van der Waals surface area contributed by atoms with E-state index in [9.17, 15) is 10.2 Å². The fourth-order valence-electron chi connectivity index (χ4n) is 1.20. The molecule has 0 bridgehead atoms. The van der Waals surface area contributed by atoms with E-state index in [2.05, 4.69) is 0 Å². The summed E-state index contributed by atoms with van der Waals surface area (Å²) in [5.74, 6) is -0.221. The molecule has 1 heterocycles. The zero-order valence-corrected chi connectivity index (χ0v) is 6.47. The SMILES string of the molecule is C[C@H]1C(O)COC(CO)C1O. The second kappa shape index (κ2) is 3.49. The van der Waals surface area contributed by atoms with Gasteiger partial charge in [-0.15, -0.1) is 0 Å². The van der Waals surface area contributed by atoms with E-state index in [0.717, 1.165) is 0 Å². The minimum Gasteiger partial charge on any atom is -0.394 e. The molecule has 1 aliphatic heterocycles. The van der Waals surface area contributed by atoms with Crippen LogP contribution < -0.4 is 0 Å². The van der Waals surface area contributed by atoms with Gasteiger partial charge in [-0.1, -0.05) is 6.92 Å². The van der Waals surface area contributed by atoms with Crippen molar-refractivity contribution in [3.8, 4) is 0 Å². The van der Waals surface area contributed by atoms with E-state index in [-0.39, 0.29) is 19.1 Å². The van der Waals surface area contributed by atoms with E-state index in [1.165, 1.54) is 0 Å². The lowest BCUT2D eigenvalue weighted by atomic mass is 9.92. The first-order chi connectivity index (χ1) is 5.16. The number of rotatable bonds is 1. The van der Waals surface area contributed by atoms with Crippen LogP contribution in [0.25, 0.3) is 0 Å². The molecule has 0 aromatic rings. The Morgan fingerprint density at radius 2 is 2.09 bits per heavy atom. The highest BCUT2D eigenvalue weighted by atomic mass is 16.5. The molecule has 0 amide bonds. The molecule has 4 atom stereocenters. The van der Waals surface area contributed by atoms with Crippen molar-refractivity contribution in [3.63, 3.8) is 0 Å². The summed E-state index contributed by atoms with van der Waals surface area (Å²) in [6.07, 6.45) is -1.91. The zero-order chi connectivity index (χ0) is 8.43. The maximum absolute atomic E-state index is 9.36. The predicted octanol–water partition coefficient (Wildman–Crippen LogP) is -1.26. The highest BCUT2D eigenvalue weighted by Crippen LogP contribution is 2.20. The van der Waals surface area contributed by atoms with Crippen molar-refractivity contribution in [3.05, 3.63) is 0 Å². The van der Waals surface area contributed by atoms with Crippen molar-refractivity contribution in [1.29, 1.82) is 0 Å². The standard InChI is InChI=1S/C7H14O4/c1-4-5(9)3-11-6(2-8)7(4)10/h4-10H,2-3H2,1H3/t4-,5?,6?,7?/m0/s1. The zero-order valence-electron chi connectivity index (χ0n) is 6.47. The molecule has 66 valence electrons. The summed E-state index contributed by atoms with van der Waals surface area (Å²) in [4.78, 5) is 0. The van der Waals surface area contributed by atoms with Gasteiger partial charge in [0, 0.05) is 5.92 Å². The average Bonchev–Trinajstić information content (AvgIpc) is 2.01. The van der Waals surface area contributed by atoms with Crippen LogP contribution in [-0.4, -0.2) is 46.8 Å². The van der Waals surface area contributed by atoms with Crippen molar-refractivity contribution in [2.24, 2.45) is 5.92 Å². The lowest BCUT2D eigenvalue weighted by molar-refractivity contribution is -0.165. The fourth-order valence-corrected chi connectivity index (χ4v) is 1.20. The van der Waals surface area contributed by atoms with Crippen molar-refractivity contribution >= 4 is 0 Å². The smallest absolute Gasteiger partial charge is 0.107 e. The van der Waals surface area contributed by atoms with Crippen LogP contribution in [0.5, 0.6) is 0 Å². The van der Waals surface area contributed by atoms with Gasteiger partial charge in [0.05, 0.1) is 25.4 Å². The fraction of sp³-hybridized carbons (Fsp3) is 1.00. The summed E-state index contributed by atoms with van der Waals surface area (Å²) >= 11 is 0. The number of aliphatic hydroxyl groups is 3. The molecule has 0 spiro atoms. The van der Waals surface area contributed by atoms with Gasteiger partial charge in [0.15, 0.2) is 0 Å². The summed E-state index contributed by atoms with van der Waals surface area (Å²) in [5, 5.41) is 27.3. The first-order valence-electron chi connectivity index (χ1n) is 3.75. The summed E-state index contributed by atoms with van der Waals surface area (Å²) in [6, 6.07) is 0. The minimum atomic E-state index is -0.760. The van der Waals surface area contributed by atoms with Gasteiger partial charge in [-0.2, -0.15) is 0 Å². The second-order valence-corrected chi connectivity index (χ2v) is 2.97. The molecule has 11 heavy (non-hydrogen) atoms. The van der Waals surface area contributed by atoms with Crippen LogP contribution in [0.2, 0.25) is 0 Å². The van der Waals surface area contributed by atoms with Crippen molar-refractivity contribution in [2.45, 2.75) is 25.2 Å². The molecule has 1 saturated heterocycles. The van der Waals surface area contributed by atoms with Crippen LogP contribution >= 0.6 is 0 Å². The van der Waals surface area contributed by atoms with Crippen LogP contribution in [0.3, 0.4) is 0 Å². The third kappa shape index (κ3) is 1.70. The third-order valence-electron chi connectivity index (χ3n) is 2.19. The van der Waals surface area contributed by atoms with Crippen molar-refractivity contribution in [2.75, 3.05) is 13.2 Å². The van der Waals surface area contributed by atoms with Gasteiger partial charge >= 0.3 is 0 Å². The van der Waals surface area contributed by atoms with Gasteiger partial charge in [0.2, 0.25) is 0 Å². The third-order valence-corrected chi connectivity index (χ3v) is 2.19. The number of hydrogen-bond donors (Lipinski definition) is 3. The summed E-state index contributed by atoms with van der Waals surface area (Å²) in [7, 11) is 0. The van der Waals surface area contributed by atoms with Crippen LogP contribution in [0.4, 0.5) is 0 Å². The molecule has 0 aliphatic carbocycles. The predicted molar refractivity (Wildman–Crippen MR) is 38.0 cm³/mol. The molecule has 0 radical (unpaired) electrons. The molecule has 3 N–H and O–H groups in total. The lowest BCUT2D eigenvalue weighted by Crippen LogP contribution is -2.49. The highest BCUT2D eigenvalue weighted by molar-refractivity contribution is 4.83. The minimum absolute atomic E-state index is 0.196. The first-order valence-corrected chi connectivity index (χ1v) is 3.75. The van der Waals surface area contributed by atoms with Gasteiger partial charge in [-0.05, 0) is 0 Å². The molecule has 1 rings (SSSR count). The Morgan fingerprint density at radius 3 is 2.64 bits per heavy atom. The Hall–Kier alpha value is -0.160. The molecule has 3 unspecified atom stereocenters. The van der Waals surface area contributed by atoms with Crippen LogP contribution in [0.1, 0.15) is 6.92 Å². The van der Waals surface area contributed by atoms with E-state index in [1.54, 1.807) is 6.92 Å². The van der Waals surface area contributed by atoms with E-state index >= 15 is 0 Å². The molecule has 0 aromatic carbocycles. The van der Waals surface area contributed by atoms with E-state index < -0.39 is 18.3 Å². The van der Waals surface area contributed by atoms with Gasteiger partial charge in [-0.3, -0.25) is 0 Å². The van der Waals surface area contributed by atoms with Crippen molar-refractivity contribution < 1.29 is 20.1 Å². The lowest BCUT2D eigenvalue weighted by Gasteiger charge is -2.35. The van der Waals surface area contributed by atoms with Gasteiger partial charge in [0.1, 0.15) is 6.10 Å². The normalized spacial score (nSPS) is 45.8. The quantitative estimate of drug-likeness (QED) is 0.450. The maximum Gasteiger partial charge on any atom is 0.107 e. The largest absolute Gasteiger partial charge is 0.394 e. The topological polar surface area (TPSA) is 69.9 Å². The van der Waals surface area contributed by atoms with E-state index in [4.69, 9.17) is 9.84 Å². The molecule has 0 aromatic heterocycles.